The molecule has 0 amide bonds. The lowest BCUT2D eigenvalue weighted by molar-refractivity contribution is 0.472. The summed E-state index contributed by atoms with van der Waals surface area (Å²) in [6.45, 7) is 3.45. The topological polar surface area (TPSA) is 12.0 Å². The van der Waals surface area contributed by atoms with Crippen molar-refractivity contribution in [1.29, 1.82) is 0 Å². The highest BCUT2D eigenvalue weighted by molar-refractivity contribution is 5.21. The summed E-state index contributed by atoms with van der Waals surface area (Å²) in [5.41, 5.74) is 3.20. The summed E-state index contributed by atoms with van der Waals surface area (Å²) in [5, 5.41) is 3.44. The van der Waals surface area contributed by atoms with E-state index in [4.69, 9.17) is 0 Å². The second kappa shape index (κ2) is 2.30. The molecule has 1 nitrogen and oxygen atoms in total. The molecule has 0 spiro atoms. The zero-order valence-corrected chi connectivity index (χ0v) is 6.61. The summed E-state index contributed by atoms with van der Waals surface area (Å²) < 4.78 is 0. The Bertz CT molecular complexity index is 170. The zero-order valence-electron chi connectivity index (χ0n) is 6.61. The van der Waals surface area contributed by atoms with Crippen LogP contribution in [0.25, 0.3) is 0 Å². The first-order valence-corrected chi connectivity index (χ1v) is 4.31. The highest BCUT2D eigenvalue weighted by Crippen LogP contribution is 2.33. The van der Waals surface area contributed by atoms with Crippen molar-refractivity contribution in [3.63, 3.8) is 0 Å². The molecule has 1 unspecified atom stereocenters. The molecule has 0 saturated heterocycles. The van der Waals surface area contributed by atoms with Crippen LogP contribution in [-0.2, 0) is 0 Å². The van der Waals surface area contributed by atoms with Crippen molar-refractivity contribution in [2.75, 3.05) is 6.54 Å². The predicted octanol–water partition coefficient (Wildman–Crippen LogP) is 2.05. The van der Waals surface area contributed by atoms with Gasteiger partial charge in [0, 0.05) is 12.2 Å². The standard InChI is InChI=1S/C9H15N/c1-7-9-5-3-2-4-8(9)6-10-7/h8,10H,2-6H2,1H3. The largest absolute Gasteiger partial charge is 0.388 e. The van der Waals surface area contributed by atoms with Crippen LogP contribution in [0.5, 0.6) is 0 Å². The number of fused-ring (bicyclic) bond motifs is 1. The molecule has 1 fully saturated rings. The Labute approximate surface area is 62.5 Å². The van der Waals surface area contributed by atoms with E-state index in [0.717, 1.165) is 5.92 Å². The predicted molar refractivity (Wildman–Crippen MR) is 42.7 cm³/mol. The van der Waals surface area contributed by atoms with E-state index in [0.29, 0.717) is 0 Å². The van der Waals surface area contributed by atoms with E-state index in [-0.39, 0.29) is 0 Å². The van der Waals surface area contributed by atoms with Gasteiger partial charge in [-0.25, -0.2) is 0 Å². The Morgan fingerprint density at radius 2 is 2.30 bits per heavy atom. The summed E-state index contributed by atoms with van der Waals surface area (Å²) in [5.74, 6) is 0.911. The molecule has 1 heterocycles. The first kappa shape index (κ1) is 6.26. The summed E-state index contributed by atoms with van der Waals surface area (Å²) in [4.78, 5) is 0. The number of hydrogen-bond donors (Lipinski definition) is 1. The monoisotopic (exact) mass is 137 g/mol. The molecule has 0 radical (unpaired) electrons. The Kier molecular flexibility index (Phi) is 1.44. The molecule has 0 aromatic heterocycles. The molecule has 56 valence electrons. The van der Waals surface area contributed by atoms with Gasteiger partial charge in [0.15, 0.2) is 0 Å². The molecule has 1 atom stereocenters. The maximum atomic E-state index is 3.44. The van der Waals surface area contributed by atoms with Crippen molar-refractivity contribution >= 4 is 0 Å². The molecule has 1 heteroatoms. The van der Waals surface area contributed by atoms with Crippen LogP contribution in [0.4, 0.5) is 0 Å². The minimum absolute atomic E-state index is 0.911. The molecule has 1 N–H and O–H groups in total. The lowest BCUT2D eigenvalue weighted by Crippen LogP contribution is -2.13. The fraction of sp³-hybridized carbons (Fsp3) is 0.778. The lowest BCUT2D eigenvalue weighted by Gasteiger charge is -2.19. The molecule has 1 aliphatic carbocycles. The van der Waals surface area contributed by atoms with Crippen molar-refractivity contribution in [1.82, 2.24) is 5.32 Å². The van der Waals surface area contributed by atoms with E-state index in [2.05, 4.69) is 12.2 Å². The van der Waals surface area contributed by atoms with Gasteiger partial charge < -0.3 is 5.32 Å². The lowest BCUT2D eigenvalue weighted by atomic mass is 9.86. The molecule has 10 heavy (non-hydrogen) atoms. The molecule has 0 aromatic carbocycles. The van der Waals surface area contributed by atoms with Crippen molar-refractivity contribution in [3.05, 3.63) is 11.3 Å². The smallest absolute Gasteiger partial charge is 0.0210 e. The first-order valence-electron chi connectivity index (χ1n) is 4.31. The third kappa shape index (κ3) is 0.845. The number of nitrogens with one attached hydrogen (secondary N) is 1. The maximum absolute atomic E-state index is 3.44. The van der Waals surface area contributed by atoms with E-state index in [1.807, 2.05) is 0 Å². The van der Waals surface area contributed by atoms with Crippen molar-refractivity contribution < 1.29 is 0 Å². The van der Waals surface area contributed by atoms with Crippen molar-refractivity contribution in [2.24, 2.45) is 5.92 Å². The summed E-state index contributed by atoms with van der Waals surface area (Å²) >= 11 is 0. The molecule has 1 aliphatic heterocycles. The summed E-state index contributed by atoms with van der Waals surface area (Å²) in [6.07, 6.45) is 5.66. The van der Waals surface area contributed by atoms with Crippen LogP contribution in [0, 0.1) is 5.92 Å². The van der Waals surface area contributed by atoms with Crippen molar-refractivity contribution in [2.45, 2.75) is 32.6 Å². The van der Waals surface area contributed by atoms with E-state index in [1.165, 1.54) is 37.9 Å². The molecule has 2 rings (SSSR count). The highest BCUT2D eigenvalue weighted by Gasteiger charge is 2.24. The van der Waals surface area contributed by atoms with Crippen LogP contribution in [0.15, 0.2) is 11.3 Å². The molecule has 0 bridgehead atoms. The van der Waals surface area contributed by atoms with Crippen LogP contribution in [0.3, 0.4) is 0 Å². The van der Waals surface area contributed by atoms with Crippen LogP contribution in [-0.4, -0.2) is 6.54 Å². The molecular weight excluding hydrogens is 122 g/mol. The van der Waals surface area contributed by atoms with Gasteiger partial charge in [-0.2, -0.15) is 0 Å². The Morgan fingerprint density at radius 3 is 3.10 bits per heavy atom. The molecule has 1 saturated carbocycles. The van der Waals surface area contributed by atoms with Gasteiger partial charge >= 0.3 is 0 Å². The molecule has 0 aromatic rings. The number of rotatable bonds is 0. The van der Waals surface area contributed by atoms with E-state index < -0.39 is 0 Å². The zero-order chi connectivity index (χ0) is 6.97. The second-order valence-corrected chi connectivity index (χ2v) is 3.47. The van der Waals surface area contributed by atoms with Crippen LogP contribution in [0.1, 0.15) is 32.6 Å². The fourth-order valence-electron chi connectivity index (χ4n) is 2.19. The van der Waals surface area contributed by atoms with Crippen LogP contribution >= 0.6 is 0 Å². The summed E-state index contributed by atoms with van der Waals surface area (Å²) in [7, 11) is 0. The third-order valence-electron chi connectivity index (χ3n) is 2.84. The van der Waals surface area contributed by atoms with Gasteiger partial charge in [0.2, 0.25) is 0 Å². The van der Waals surface area contributed by atoms with Gasteiger partial charge in [0.25, 0.3) is 0 Å². The SMILES string of the molecule is CC1=C2CCCCC2CN1. The second-order valence-electron chi connectivity index (χ2n) is 3.47. The van der Waals surface area contributed by atoms with Crippen LogP contribution in [0.2, 0.25) is 0 Å². The van der Waals surface area contributed by atoms with E-state index in [9.17, 15) is 0 Å². The fourth-order valence-corrected chi connectivity index (χ4v) is 2.19. The van der Waals surface area contributed by atoms with Gasteiger partial charge in [-0.3, -0.25) is 0 Å². The molecular formula is C9H15N. The minimum Gasteiger partial charge on any atom is -0.388 e. The highest BCUT2D eigenvalue weighted by atomic mass is 14.9. The average molecular weight is 137 g/mol. The molecule has 2 aliphatic rings. The Hall–Kier alpha value is -0.460. The number of allylic oxidation sites excluding steroid dienone is 1. The normalized spacial score (nSPS) is 31.9. The maximum Gasteiger partial charge on any atom is 0.0210 e. The quantitative estimate of drug-likeness (QED) is 0.539. The Balaban J connectivity index is 2.18. The average Bonchev–Trinajstić information content (AvgIpc) is 2.34. The van der Waals surface area contributed by atoms with Gasteiger partial charge in [-0.15, -0.1) is 0 Å². The summed E-state index contributed by atoms with van der Waals surface area (Å²) in [6, 6.07) is 0. The number of hydrogen-bond acceptors (Lipinski definition) is 1. The van der Waals surface area contributed by atoms with E-state index >= 15 is 0 Å². The first-order chi connectivity index (χ1) is 4.88. The van der Waals surface area contributed by atoms with Gasteiger partial charge in [0.1, 0.15) is 0 Å². The third-order valence-corrected chi connectivity index (χ3v) is 2.84. The minimum atomic E-state index is 0.911. The Morgan fingerprint density at radius 1 is 1.40 bits per heavy atom. The van der Waals surface area contributed by atoms with E-state index in [1.54, 1.807) is 5.57 Å². The van der Waals surface area contributed by atoms with Gasteiger partial charge in [-0.05, 0) is 37.7 Å². The van der Waals surface area contributed by atoms with Crippen LogP contribution < -0.4 is 5.32 Å². The van der Waals surface area contributed by atoms with Gasteiger partial charge in [0.05, 0.1) is 0 Å². The van der Waals surface area contributed by atoms with Gasteiger partial charge in [-0.1, -0.05) is 6.42 Å². The van der Waals surface area contributed by atoms with Crippen molar-refractivity contribution in [3.8, 4) is 0 Å².